The Morgan fingerprint density at radius 2 is 1.87 bits per heavy atom. The number of oxazole rings is 1. The zero-order chi connectivity index (χ0) is 21.4. The van der Waals surface area contributed by atoms with Crippen molar-refractivity contribution in [2.24, 2.45) is 0 Å². The molecule has 162 valence electrons. The molecule has 2 aliphatic heterocycles. The predicted molar refractivity (Wildman–Crippen MR) is 120 cm³/mol. The topological polar surface area (TPSA) is 66.7 Å². The summed E-state index contributed by atoms with van der Waals surface area (Å²) in [7, 11) is 0. The van der Waals surface area contributed by atoms with Crippen molar-refractivity contribution < 1.29 is 14.0 Å². The van der Waals surface area contributed by atoms with E-state index in [1.807, 2.05) is 15.9 Å². The molecular weight excluding hydrogens is 434 g/mol. The average Bonchev–Trinajstić information content (AvgIpc) is 3.43. The second-order valence-corrected chi connectivity index (χ2v) is 9.69. The molecule has 6 nitrogen and oxygen atoms in total. The van der Waals surface area contributed by atoms with Crippen molar-refractivity contribution in [3.05, 3.63) is 51.0 Å². The minimum absolute atomic E-state index is 0.0596. The highest BCUT2D eigenvalue weighted by Crippen LogP contribution is 2.31. The number of halogens is 1. The van der Waals surface area contributed by atoms with E-state index in [2.05, 4.69) is 16.4 Å². The third-order valence-corrected chi connectivity index (χ3v) is 7.53. The van der Waals surface area contributed by atoms with Gasteiger partial charge in [-0.3, -0.25) is 9.59 Å². The Labute approximate surface area is 189 Å². The number of carbonyl (C=O) groups excluding carboxylic acids is 2. The summed E-state index contributed by atoms with van der Waals surface area (Å²) in [5.74, 6) is 1.05. The Kier molecular flexibility index (Phi) is 5.71. The van der Waals surface area contributed by atoms with E-state index >= 15 is 0 Å². The molecule has 2 amide bonds. The molecule has 0 radical (unpaired) electrons. The van der Waals surface area contributed by atoms with Gasteiger partial charge in [0.25, 0.3) is 0 Å². The van der Waals surface area contributed by atoms with Gasteiger partial charge in [0.2, 0.25) is 11.8 Å². The molecule has 31 heavy (non-hydrogen) atoms. The molecule has 0 N–H and O–H groups in total. The number of benzene rings is 1. The zero-order valence-electron chi connectivity index (χ0n) is 17.2. The number of amides is 2. The van der Waals surface area contributed by atoms with Crippen LogP contribution in [-0.4, -0.2) is 46.2 Å². The maximum Gasteiger partial charge on any atom is 0.223 e. The van der Waals surface area contributed by atoms with Gasteiger partial charge in [0.1, 0.15) is 5.52 Å². The van der Waals surface area contributed by atoms with Gasteiger partial charge in [-0.1, -0.05) is 11.6 Å². The minimum atomic E-state index is 0.0596. The van der Waals surface area contributed by atoms with Gasteiger partial charge in [0.05, 0.1) is 0 Å². The van der Waals surface area contributed by atoms with Gasteiger partial charge in [-0.25, -0.2) is 4.98 Å². The summed E-state index contributed by atoms with van der Waals surface area (Å²) in [6.45, 7) is 2.76. The number of rotatable bonds is 4. The lowest BCUT2D eigenvalue weighted by molar-refractivity contribution is -0.138. The fourth-order valence-electron chi connectivity index (χ4n) is 4.46. The molecule has 2 aromatic heterocycles. The smallest absolute Gasteiger partial charge is 0.223 e. The number of thiophene rings is 1. The summed E-state index contributed by atoms with van der Waals surface area (Å²) in [5.41, 5.74) is 2.76. The van der Waals surface area contributed by atoms with Gasteiger partial charge < -0.3 is 14.2 Å². The summed E-state index contributed by atoms with van der Waals surface area (Å²) in [6, 6.07) is 7.54. The van der Waals surface area contributed by atoms with E-state index in [-0.39, 0.29) is 30.6 Å². The van der Waals surface area contributed by atoms with Crippen LogP contribution in [-0.2, 0) is 22.6 Å². The summed E-state index contributed by atoms with van der Waals surface area (Å²) in [4.78, 5) is 35.0. The molecule has 8 heteroatoms. The van der Waals surface area contributed by atoms with E-state index in [4.69, 9.17) is 16.0 Å². The Morgan fingerprint density at radius 1 is 1.10 bits per heavy atom. The Morgan fingerprint density at radius 3 is 2.68 bits per heavy atom. The minimum Gasteiger partial charge on any atom is -0.440 e. The molecular formula is C23H24ClN3O3S. The number of hydrogen-bond donors (Lipinski definition) is 0. The molecule has 0 atom stereocenters. The first-order valence-electron chi connectivity index (χ1n) is 10.7. The summed E-state index contributed by atoms with van der Waals surface area (Å²) in [6.07, 6.45) is 3.10. The van der Waals surface area contributed by atoms with Crippen LogP contribution in [0.2, 0.25) is 5.02 Å². The predicted octanol–water partition coefficient (Wildman–Crippen LogP) is 4.61. The largest absolute Gasteiger partial charge is 0.440 e. The number of piperidine rings is 1. The third kappa shape index (κ3) is 4.34. The lowest BCUT2D eigenvalue weighted by atomic mass is 9.96. The first-order valence-corrected chi connectivity index (χ1v) is 12.0. The van der Waals surface area contributed by atoms with E-state index in [1.165, 1.54) is 10.4 Å². The normalized spacial score (nSPS) is 17.2. The van der Waals surface area contributed by atoms with Crippen LogP contribution in [0.3, 0.4) is 0 Å². The van der Waals surface area contributed by atoms with Crippen LogP contribution >= 0.6 is 22.9 Å². The fourth-order valence-corrected chi connectivity index (χ4v) is 5.52. The summed E-state index contributed by atoms with van der Waals surface area (Å²) in [5, 5.41) is 2.73. The maximum absolute atomic E-state index is 12.7. The highest BCUT2D eigenvalue weighted by atomic mass is 35.5. The summed E-state index contributed by atoms with van der Waals surface area (Å²) >= 11 is 7.79. The highest BCUT2D eigenvalue weighted by molar-refractivity contribution is 7.10. The van der Waals surface area contributed by atoms with E-state index < -0.39 is 0 Å². The lowest BCUT2D eigenvalue weighted by Crippen LogP contribution is -2.39. The van der Waals surface area contributed by atoms with Gasteiger partial charge in [-0.15, -0.1) is 11.3 Å². The van der Waals surface area contributed by atoms with Gasteiger partial charge in [0, 0.05) is 54.8 Å². The molecule has 5 rings (SSSR count). The van der Waals surface area contributed by atoms with Crippen LogP contribution in [0.5, 0.6) is 0 Å². The number of nitrogens with zero attached hydrogens (tertiary/aromatic N) is 3. The number of aromatic nitrogens is 1. The van der Waals surface area contributed by atoms with Crippen molar-refractivity contribution in [2.75, 3.05) is 19.6 Å². The molecule has 0 aliphatic carbocycles. The van der Waals surface area contributed by atoms with Crippen molar-refractivity contribution in [1.82, 2.24) is 14.8 Å². The van der Waals surface area contributed by atoms with Crippen molar-refractivity contribution in [3.8, 4) is 0 Å². The van der Waals surface area contributed by atoms with Crippen LogP contribution in [0.15, 0.2) is 34.1 Å². The van der Waals surface area contributed by atoms with Gasteiger partial charge in [-0.05, 0) is 54.5 Å². The molecule has 1 aromatic carbocycles. The van der Waals surface area contributed by atoms with E-state index in [0.29, 0.717) is 24.7 Å². The van der Waals surface area contributed by atoms with Crippen LogP contribution in [0.1, 0.15) is 47.9 Å². The van der Waals surface area contributed by atoms with Crippen LogP contribution in [0, 0.1) is 0 Å². The first kappa shape index (κ1) is 20.5. The number of fused-ring (bicyclic) bond motifs is 2. The van der Waals surface area contributed by atoms with E-state index in [0.717, 1.165) is 42.8 Å². The Balaban J connectivity index is 1.11. The molecule has 2 aliphatic rings. The van der Waals surface area contributed by atoms with Gasteiger partial charge >= 0.3 is 0 Å². The van der Waals surface area contributed by atoms with E-state index in [9.17, 15) is 9.59 Å². The quantitative estimate of drug-likeness (QED) is 0.573. The van der Waals surface area contributed by atoms with Crippen molar-refractivity contribution in [3.63, 3.8) is 0 Å². The van der Waals surface area contributed by atoms with E-state index in [1.54, 1.807) is 23.5 Å². The molecule has 0 saturated carbocycles. The fraction of sp³-hybridized carbons (Fsp3) is 0.435. The van der Waals surface area contributed by atoms with Gasteiger partial charge in [0.15, 0.2) is 11.5 Å². The second-order valence-electron chi connectivity index (χ2n) is 8.25. The standard InChI is InChI=1S/C23H24ClN3O3S/c24-17-1-2-19-18(13-17)25-23(30-19)15-5-9-26(10-6-15)21(28)3-4-22(29)27-11-7-20-16(14-27)8-12-31-20/h1-2,8,12-13,15H,3-7,9-11,14H2. The molecule has 4 heterocycles. The van der Waals surface area contributed by atoms with Gasteiger partial charge in [-0.2, -0.15) is 0 Å². The number of likely N-dealkylation sites (tertiary alicyclic amines) is 1. The molecule has 3 aromatic rings. The van der Waals surface area contributed by atoms with Crippen molar-refractivity contribution in [2.45, 2.75) is 44.6 Å². The third-order valence-electron chi connectivity index (χ3n) is 6.28. The monoisotopic (exact) mass is 457 g/mol. The maximum atomic E-state index is 12.7. The SMILES string of the molecule is O=C(CCC(=O)N1CCc2sccc2C1)N1CCC(c2nc3cc(Cl)ccc3o2)CC1. The Hall–Kier alpha value is -2.38. The average molecular weight is 458 g/mol. The summed E-state index contributed by atoms with van der Waals surface area (Å²) < 4.78 is 5.90. The lowest BCUT2D eigenvalue weighted by Gasteiger charge is -2.31. The zero-order valence-corrected chi connectivity index (χ0v) is 18.8. The molecule has 0 bridgehead atoms. The van der Waals surface area contributed by atoms with Crippen LogP contribution < -0.4 is 0 Å². The number of carbonyl (C=O) groups is 2. The first-order chi connectivity index (χ1) is 15.1. The number of hydrogen-bond acceptors (Lipinski definition) is 5. The van der Waals surface area contributed by atoms with Crippen molar-refractivity contribution >= 4 is 45.9 Å². The van der Waals surface area contributed by atoms with Crippen molar-refractivity contribution in [1.29, 1.82) is 0 Å². The molecule has 0 spiro atoms. The van der Waals surface area contributed by atoms with Crippen LogP contribution in [0.4, 0.5) is 0 Å². The molecule has 1 saturated heterocycles. The second kappa shape index (κ2) is 8.63. The highest BCUT2D eigenvalue weighted by Gasteiger charge is 2.28. The molecule has 0 unspecified atom stereocenters. The Bertz CT molecular complexity index is 1120. The molecule has 1 fully saturated rings. The van der Waals surface area contributed by atoms with Crippen LogP contribution in [0.25, 0.3) is 11.1 Å².